The molecule has 19 heavy (non-hydrogen) atoms. The number of halogens is 2. The van der Waals surface area contributed by atoms with E-state index in [1.807, 2.05) is 12.1 Å². The van der Waals surface area contributed by atoms with Crippen molar-refractivity contribution in [3.05, 3.63) is 22.2 Å². The molecule has 1 aromatic carbocycles. The van der Waals surface area contributed by atoms with Crippen molar-refractivity contribution in [3.63, 3.8) is 0 Å². The van der Waals surface area contributed by atoms with E-state index in [4.69, 9.17) is 23.2 Å². The van der Waals surface area contributed by atoms with Crippen molar-refractivity contribution in [1.82, 2.24) is 0 Å². The van der Waals surface area contributed by atoms with Crippen LogP contribution in [0.15, 0.2) is 12.1 Å². The highest BCUT2D eigenvalue weighted by Crippen LogP contribution is 2.42. The lowest BCUT2D eigenvalue weighted by atomic mass is 9.74. The Hall–Kier alpha value is -0.600. The number of rotatable bonds is 1. The topological polar surface area (TPSA) is 24.1 Å². The number of benzene rings is 1. The zero-order chi connectivity index (χ0) is 13.5. The molecule has 4 heteroatoms. The summed E-state index contributed by atoms with van der Waals surface area (Å²) in [4.78, 5) is 0. The van der Waals surface area contributed by atoms with Crippen LogP contribution in [0.5, 0.6) is 0 Å². The van der Waals surface area contributed by atoms with Crippen LogP contribution in [0, 0.1) is 5.92 Å². The Labute approximate surface area is 124 Å². The van der Waals surface area contributed by atoms with Crippen LogP contribution in [-0.2, 0) is 0 Å². The molecule has 1 aromatic rings. The highest BCUT2D eigenvalue weighted by molar-refractivity contribution is 6.42. The standard InChI is InChI=1S/C15H20Cl2N2/c1-2-10-3-5-15(6-4-10)9-18-13-7-11(16)12(17)8-14(13)19-15/h7-8,10,18-19H,2-6,9H2,1H3. The van der Waals surface area contributed by atoms with Gasteiger partial charge in [-0.25, -0.2) is 0 Å². The Morgan fingerprint density at radius 1 is 1.16 bits per heavy atom. The molecule has 2 aliphatic rings. The summed E-state index contributed by atoms with van der Waals surface area (Å²) in [6, 6.07) is 3.86. The Kier molecular flexibility index (Phi) is 3.57. The molecule has 1 saturated carbocycles. The van der Waals surface area contributed by atoms with E-state index in [0.717, 1.165) is 23.8 Å². The quantitative estimate of drug-likeness (QED) is 0.747. The molecule has 3 rings (SSSR count). The fourth-order valence-corrected chi connectivity index (χ4v) is 3.66. The number of fused-ring (bicyclic) bond motifs is 1. The molecule has 2 N–H and O–H groups in total. The molecule has 0 saturated heterocycles. The maximum absolute atomic E-state index is 6.12. The first kappa shape index (κ1) is 13.4. The van der Waals surface area contributed by atoms with Crippen molar-refractivity contribution >= 4 is 34.6 Å². The van der Waals surface area contributed by atoms with Gasteiger partial charge in [0.25, 0.3) is 0 Å². The minimum atomic E-state index is 0.204. The second-order valence-corrected chi connectivity index (χ2v) is 6.74. The fraction of sp³-hybridized carbons (Fsp3) is 0.600. The molecule has 1 spiro atoms. The van der Waals surface area contributed by atoms with Gasteiger partial charge in [-0.05, 0) is 43.7 Å². The van der Waals surface area contributed by atoms with Crippen molar-refractivity contribution in [1.29, 1.82) is 0 Å². The Bertz CT molecular complexity index is 479. The molecule has 1 aliphatic heterocycles. The molecule has 0 bridgehead atoms. The molecule has 104 valence electrons. The summed E-state index contributed by atoms with van der Waals surface area (Å²) < 4.78 is 0. The highest BCUT2D eigenvalue weighted by Gasteiger charge is 2.37. The van der Waals surface area contributed by atoms with Gasteiger partial charge in [0.2, 0.25) is 0 Å². The number of anilines is 2. The molecule has 0 amide bonds. The normalized spacial score (nSPS) is 29.5. The van der Waals surface area contributed by atoms with Crippen LogP contribution in [0.1, 0.15) is 39.0 Å². The number of nitrogens with one attached hydrogen (secondary N) is 2. The first-order chi connectivity index (χ1) is 9.12. The van der Waals surface area contributed by atoms with Crippen molar-refractivity contribution < 1.29 is 0 Å². The zero-order valence-corrected chi connectivity index (χ0v) is 12.7. The molecular formula is C15H20Cl2N2. The van der Waals surface area contributed by atoms with Gasteiger partial charge in [-0.1, -0.05) is 36.5 Å². The third kappa shape index (κ3) is 2.53. The van der Waals surface area contributed by atoms with Gasteiger partial charge < -0.3 is 10.6 Å². The Balaban J connectivity index is 1.80. The molecule has 0 unspecified atom stereocenters. The fourth-order valence-electron chi connectivity index (χ4n) is 3.33. The van der Waals surface area contributed by atoms with E-state index in [0.29, 0.717) is 10.0 Å². The molecule has 0 aromatic heterocycles. The molecule has 1 aliphatic carbocycles. The van der Waals surface area contributed by atoms with Crippen LogP contribution in [-0.4, -0.2) is 12.1 Å². The average molecular weight is 299 g/mol. The summed E-state index contributed by atoms with van der Waals surface area (Å²) in [6.45, 7) is 3.28. The van der Waals surface area contributed by atoms with Gasteiger partial charge in [0, 0.05) is 6.54 Å². The highest BCUT2D eigenvalue weighted by atomic mass is 35.5. The Morgan fingerprint density at radius 2 is 1.79 bits per heavy atom. The van der Waals surface area contributed by atoms with Crippen molar-refractivity contribution in [2.45, 2.75) is 44.6 Å². The third-order valence-electron chi connectivity index (χ3n) is 4.72. The van der Waals surface area contributed by atoms with E-state index < -0.39 is 0 Å². The lowest BCUT2D eigenvalue weighted by molar-refractivity contribution is 0.255. The summed E-state index contributed by atoms with van der Waals surface area (Å²) in [6.07, 6.45) is 6.42. The first-order valence-corrected chi connectivity index (χ1v) is 7.88. The molecule has 0 atom stereocenters. The van der Waals surface area contributed by atoms with Gasteiger partial charge in [-0.3, -0.25) is 0 Å². The number of hydrogen-bond donors (Lipinski definition) is 2. The van der Waals surface area contributed by atoms with E-state index in [2.05, 4.69) is 17.6 Å². The lowest BCUT2D eigenvalue weighted by Gasteiger charge is -2.45. The summed E-state index contributed by atoms with van der Waals surface area (Å²) in [5.41, 5.74) is 2.36. The first-order valence-electron chi connectivity index (χ1n) is 7.13. The van der Waals surface area contributed by atoms with Crippen molar-refractivity contribution in [3.8, 4) is 0 Å². The van der Waals surface area contributed by atoms with Crippen LogP contribution in [0.25, 0.3) is 0 Å². The molecular weight excluding hydrogens is 279 g/mol. The third-order valence-corrected chi connectivity index (χ3v) is 5.44. The predicted molar refractivity (Wildman–Crippen MR) is 83.6 cm³/mol. The van der Waals surface area contributed by atoms with Crippen LogP contribution < -0.4 is 10.6 Å². The van der Waals surface area contributed by atoms with Crippen molar-refractivity contribution in [2.75, 3.05) is 17.2 Å². The van der Waals surface area contributed by atoms with E-state index in [1.54, 1.807) is 0 Å². The second kappa shape index (κ2) is 5.06. The maximum Gasteiger partial charge on any atom is 0.0614 e. The number of hydrogen-bond acceptors (Lipinski definition) is 2. The lowest BCUT2D eigenvalue weighted by Crippen LogP contribution is -2.50. The van der Waals surface area contributed by atoms with Gasteiger partial charge in [0.1, 0.15) is 0 Å². The smallest absolute Gasteiger partial charge is 0.0614 e. The maximum atomic E-state index is 6.12. The summed E-state index contributed by atoms with van der Waals surface area (Å²) in [7, 11) is 0. The molecule has 2 nitrogen and oxygen atoms in total. The largest absolute Gasteiger partial charge is 0.381 e. The molecule has 1 fully saturated rings. The van der Waals surface area contributed by atoms with Gasteiger partial charge >= 0.3 is 0 Å². The zero-order valence-electron chi connectivity index (χ0n) is 11.2. The SMILES string of the molecule is CCC1CCC2(CC1)CNc1cc(Cl)c(Cl)cc1N2. The van der Waals surface area contributed by atoms with Gasteiger partial charge in [0.05, 0.1) is 27.0 Å². The monoisotopic (exact) mass is 298 g/mol. The van der Waals surface area contributed by atoms with E-state index in [-0.39, 0.29) is 5.54 Å². The second-order valence-electron chi connectivity index (χ2n) is 5.92. The summed E-state index contributed by atoms with van der Waals surface area (Å²) in [5.74, 6) is 0.905. The van der Waals surface area contributed by atoms with E-state index in [1.165, 1.54) is 32.1 Å². The van der Waals surface area contributed by atoms with Crippen LogP contribution in [0.4, 0.5) is 11.4 Å². The molecule has 1 heterocycles. The summed E-state index contributed by atoms with van der Waals surface area (Å²) in [5, 5.41) is 8.47. The van der Waals surface area contributed by atoms with Gasteiger partial charge in [-0.2, -0.15) is 0 Å². The minimum absolute atomic E-state index is 0.204. The van der Waals surface area contributed by atoms with Crippen molar-refractivity contribution in [2.24, 2.45) is 5.92 Å². The Morgan fingerprint density at radius 3 is 2.42 bits per heavy atom. The average Bonchev–Trinajstić information content (AvgIpc) is 2.42. The van der Waals surface area contributed by atoms with Crippen LogP contribution in [0.2, 0.25) is 10.0 Å². The van der Waals surface area contributed by atoms with Gasteiger partial charge in [-0.15, -0.1) is 0 Å². The van der Waals surface area contributed by atoms with Crippen LogP contribution >= 0.6 is 23.2 Å². The van der Waals surface area contributed by atoms with E-state index in [9.17, 15) is 0 Å². The van der Waals surface area contributed by atoms with E-state index >= 15 is 0 Å². The predicted octanol–water partition coefficient (Wildman–Crippen LogP) is 5.17. The van der Waals surface area contributed by atoms with Crippen LogP contribution in [0.3, 0.4) is 0 Å². The van der Waals surface area contributed by atoms with Gasteiger partial charge in [0.15, 0.2) is 0 Å². The molecule has 0 radical (unpaired) electrons. The minimum Gasteiger partial charge on any atom is -0.381 e. The summed E-state index contributed by atoms with van der Waals surface area (Å²) >= 11 is 12.2.